The van der Waals surface area contributed by atoms with Gasteiger partial charge in [-0.3, -0.25) is 9.59 Å². The molecule has 0 aliphatic heterocycles. The molecule has 0 unspecified atom stereocenters. The van der Waals surface area contributed by atoms with E-state index in [2.05, 4.69) is 0 Å². The van der Waals surface area contributed by atoms with Crippen molar-refractivity contribution in [1.29, 1.82) is 0 Å². The number of nitrogens with two attached hydrogens (primary N) is 1. The van der Waals surface area contributed by atoms with E-state index in [1.54, 1.807) is 0 Å². The van der Waals surface area contributed by atoms with Crippen LogP contribution in [0.4, 0.5) is 0 Å². The van der Waals surface area contributed by atoms with E-state index < -0.39 is 21.2 Å². The molecule has 0 aliphatic carbocycles. The van der Waals surface area contributed by atoms with Crippen LogP contribution in [0.15, 0.2) is 0 Å². The minimum absolute atomic E-state index is 0.393. The average molecular weight is 219 g/mol. The van der Waals surface area contributed by atoms with Gasteiger partial charge < -0.3 is 14.6 Å². The maximum Gasteiger partial charge on any atom is 0.448 e. The lowest BCUT2D eigenvalue weighted by Crippen LogP contribution is -2.27. The Hall–Kier alpha value is -0.883. The molecule has 0 heterocycles. The summed E-state index contributed by atoms with van der Waals surface area (Å²) in [7, 11) is -2.14. The monoisotopic (exact) mass is 219 g/mol. The summed E-state index contributed by atoms with van der Waals surface area (Å²) in [4.78, 5) is 21.3. The van der Waals surface area contributed by atoms with Crippen molar-refractivity contribution in [2.24, 2.45) is 5.73 Å². The fraction of sp³-hybridized carbons (Fsp3) is 0.750. The Labute approximate surface area is 85.4 Å². The summed E-state index contributed by atoms with van der Waals surface area (Å²) < 4.78 is 9.85. The molecular formula is C8H17NO4Si. The van der Waals surface area contributed by atoms with Gasteiger partial charge in [0.2, 0.25) is 0 Å². The lowest BCUT2D eigenvalue weighted by molar-refractivity contribution is -0.137. The molecule has 0 bridgehead atoms. The summed E-state index contributed by atoms with van der Waals surface area (Å²) in [6.45, 7) is 3.22. The Morgan fingerprint density at radius 2 is 1.64 bits per heavy atom. The normalized spacial score (nSPS) is 10.0. The minimum Gasteiger partial charge on any atom is -0.487 e. The Balaban J connectivity index is 3.84. The fourth-order valence-corrected chi connectivity index (χ4v) is 2.61. The molecule has 0 atom stereocenters. The third-order valence-electron chi connectivity index (χ3n) is 1.49. The van der Waals surface area contributed by atoms with Gasteiger partial charge in [-0.2, -0.15) is 0 Å². The van der Waals surface area contributed by atoms with Crippen LogP contribution >= 0.6 is 0 Å². The van der Waals surface area contributed by atoms with E-state index in [0.29, 0.717) is 12.6 Å². The van der Waals surface area contributed by atoms with E-state index in [4.69, 9.17) is 14.6 Å². The maximum atomic E-state index is 10.7. The van der Waals surface area contributed by atoms with Gasteiger partial charge in [-0.05, 0) is 19.4 Å². The van der Waals surface area contributed by atoms with E-state index in [1.807, 2.05) is 0 Å². The molecule has 0 saturated heterocycles. The number of hydrogen-bond acceptors (Lipinski definition) is 5. The van der Waals surface area contributed by atoms with Gasteiger partial charge in [0.15, 0.2) is 0 Å². The van der Waals surface area contributed by atoms with Gasteiger partial charge in [0, 0.05) is 19.9 Å². The first kappa shape index (κ1) is 13.1. The Bertz CT molecular complexity index is 182. The van der Waals surface area contributed by atoms with Gasteiger partial charge in [0.1, 0.15) is 0 Å². The van der Waals surface area contributed by atoms with Gasteiger partial charge in [0.25, 0.3) is 11.9 Å². The third-order valence-corrected chi connectivity index (χ3v) is 3.56. The summed E-state index contributed by atoms with van der Waals surface area (Å²) >= 11 is 0. The zero-order valence-electron chi connectivity index (χ0n) is 8.62. The van der Waals surface area contributed by atoms with Crippen molar-refractivity contribution in [2.45, 2.75) is 32.7 Å². The number of carbonyl (C=O) groups excluding carboxylic acids is 2. The Morgan fingerprint density at radius 3 is 2.00 bits per heavy atom. The molecule has 0 radical (unpaired) electrons. The van der Waals surface area contributed by atoms with E-state index in [0.717, 1.165) is 12.8 Å². The second kappa shape index (κ2) is 7.51. The molecule has 2 N–H and O–H groups in total. The van der Waals surface area contributed by atoms with Crippen LogP contribution in [-0.4, -0.2) is 27.8 Å². The average Bonchev–Trinajstić information content (AvgIpc) is 2.02. The fourth-order valence-electron chi connectivity index (χ4n) is 0.967. The lowest BCUT2D eigenvalue weighted by atomic mass is 10.3. The predicted octanol–water partition coefficient (Wildman–Crippen LogP) is 0.0720. The summed E-state index contributed by atoms with van der Waals surface area (Å²) in [5.41, 5.74) is 5.32. The summed E-state index contributed by atoms with van der Waals surface area (Å²) in [5.74, 6) is -0.786. The van der Waals surface area contributed by atoms with Gasteiger partial charge in [-0.15, -0.1) is 0 Å². The number of hydrogen-bond donors (Lipinski definition) is 1. The largest absolute Gasteiger partial charge is 0.487 e. The Morgan fingerprint density at radius 1 is 1.14 bits per heavy atom. The van der Waals surface area contributed by atoms with E-state index in [-0.39, 0.29) is 0 Å². The predicted molar refractivity (Wildman–Crippen MR) is 53.8 cm³/mol. The standard InChI is InChI=1S/C8H17NO4Si/c1-7(10)12-14(13-8(2)11)6-4-3-5-9/h14H,3-6,9H2,1-2H3. The second-order valence-corrected chi connectivity index (χ2v) is 4.84. The van der Waals surface area contributed by atoms with Gasteiger partial charge in [-0.25, -0.2) is 0 Å². The van der Waals surface area contributed by atoms with Crippen LogP contribution < -0.4 is 5.73 Å². The first-order chi connectivity index (χ1) is 6.56. The van der Waals surface area contributed by atoms with Crippen molar-refractivity contribution < 1.29 is 18.4 Å². The highest BCUT2D eigenvalue weighted by atomic mass is 28.3. The van der Waals surface area contributed by atoms with E-state index in [9.17, 15) is 9.59 Å². The molecule has 6 heteroatoms. The molecule has 0 spiro atoms. The topological polar surface area (TPSA) is 78.6 Å². The van der Waals surface area contributed by atoms with Crippen molar-refractivity contribution in [3.05, 3.63) is 0 Å². The quantitative estimate of drug-likeness (QED) is 0.505. The molecule has 0 saturated carbocycles. The first-order valence-corrected chi connectivity index (χ1v) is 6.36. The molecule has 0 amide bonds. The number of unbranched alkanes of at least 4 members (excludes halogenated alkanes) is 1. The van der Waals surface area contributed by atoms with Crippen LogP contribution in [0.5, 0.6) is 0 Å². The van der Waals surface area contributed by atoms with Crippen LogP contribution in [0.1, 0.15) is 26.7 Å². The molecule has 0 aliphatic rings. The van der Waals surface area contributed by atoms with Crippen LogP contribution in [-0.2, 0) is 18.4 Å². The van der Waals surface area contributed by atoms with Crippen molar-refractivity contribution in [3.8, 4) is 0 Å². The minimum atomic E-state index is -2.14. The zero-order chi connectivity index (χ0) is 11.0. The highest BCUT2D eigenvalue weighted by molar-refractivity contribution is 6.48. The molecular weight excluding hydrogens is 202 g/mol. The van der Waals surface area contributed by atoms with Gasteiger partial charge >= 0.3 is 9.28 Å². The van der Waals surface area contributed by atoms with Gasteiger partial charge in [0.05, 0.1) is 0 Å². The van der Waals surface area contributed by atoms with Crippen LogP contribution in [0.3, 0.4) is 0 Å². The van der Waals surface area contributed by atoms with E-state index in [1.165, 1.54) is 13.8 Å². The van der Waals surface area contributed by atoms with Crippen LogP contribution in [0, 0.1) is 0 Å². The van der Waals surface area contributed by atoms with Crippen LogP contribution in [0.2, 0.25) is 6.04 Å². The highest BCUT2D eigenvalue weighted by Gasteiger charge is 2.18. The van der Waals surface area contributed by atoms with Crippen molar-refractivity contribution in [3.63, 3.8) is 0 Å². The molecule has 14 heavy (non-hydrogen) atoms. The van der Waals surface area contributed by atoms with Gasteiger partial charge in [-0.1, -0.05) is 0 Å². The molecule has 5 nitrogen and oxygen atoms in total. The number of carbonyl (C=O) groups is 2. The zero-order valence-corrected chi connectivity index (χ0v) is 9.77. The first-order valence-electron chi connectivity index (χ1n) is 4.60. The van der Waals surface area contributed by atoms with E-state index >= 15 is 0 Å². The third kappa shape index (κ3) is 7.75. The SMILES string of the molecule is CC(=O)O[SiH](CCCCN)OC(C)=O. The van der Waals surface area contributed by atoms with Crippen molar-refractivity contribution in [1.82, 2.24) is 0 Å². The highest BCUT2D eigenvalue weighted by Crippen LogP contribution is 2.04. The smallest absolute Gasteiger partial charge is 0.448 e. The molecule has 82 valence electrons. The maximum absolute atomic E-state index is 10.7. The number of rotatable bonds is 6. The molecule has 0 rings (SSSR count). The summed E-state index contributed by atoms with van der Waals surface area (Å²) in [5, 5.41) is 0. The Kier molecular flexibility index (Phi) is 7.04. The summed E-state index contributed by atoms with van der Waals surface area (Å²) in [6.07, 6.45) is 1.68. The van der Waals surface area contributed by atoms with Crippen LogP contribution in [0.25, 0.3) is 0 Å². The van der Waals surface area contributed by atoms with Crippen molar-refractivity contribution >= 4 is 21.2 Å². The lowest BCUT2D eigenvalue weighted by Gasteiger charge is -2.13. The van der Waals surface area contributed by atoms with Crippen molar-refractivity contribution in [2.75, 3.05) is 6.54 Å². The molecule has 0 aromatic heterocycles. The molecule has 0 fully saturated rings. The molecule has 0 aromatic carbocycles. The molecule has 0 aromatic rings. The summed E-state index contributed by atoms with van der Waals surface area (Å²) in [6, 6.07) is 0.635. The second-order valence-electron chi connectivity index (χ2n) is 2.93.